The molecule has 2 fully saturated rings. The highest BCUT2D eigenvalue weighted by molar-refractivity contribution is 4.54. The Morgan fingerprint density at radius 2 is 0.600 bits per heavy atom. The number of unbranched alkanes of at least 4 members (excludes halogenated alkanes) is 7. The highest BCUT2D eigenvalue weighted by Gasteiger charge is 2.22. The summed E-state index contributed by atoms with van der Waals surface area (Å²) in [4.78, 5) is 0. The minimum atomic E-state index is 0. The topological polar surface area (TPSA) is 0 Å². The summed E-state index contributed by atoms with van der Waals surface area (Å²) >= 11 is 0. The average Bonchev–Trinajstić information content (AvgIpc) is 2.64. The fraction of sp³-hybridized carbons (Fsp3) is 1.00. The van der Waals surface area contributed by atoms with E-state index in [0.717, 1.165) is 0 Å². The molecule has 2 nitrogen and oxygen atoms in total. The lowest BCUT2D eigenvalue weighted by Gasteiger charge is -2.36. The van der Waals surface area contributed by atoms with Gasteiger partial charge in [-0.05, 0) is 77.0 Å². The van der Waals surface area contributed by atoms with Gasteiger partial charge in [-0.2, -0.15) is 0 Å². The van der Waals surface area contributed by atoms with Gasteiger partial charge in [0.25, 0.3) is 0 Å². The third-order valence-corrected chi connectivity index (χ3v) is 7.94. The molecule has 0 aromatic heterocycles. The summed E-state index contributed by atoms with van der Waals surface area (Å²) in [5, 5.41) is 0. The van der Waals surface area contributed by atoms with Gasteiger partial charge >= 0.3 is 0 Å². The van der Waals surface area contributed by atoms with Gasteiger partial charge in [0, 0.05) is 0 Å². The van der Waals surface area contributed by atoms with Gasteiger partial charge in [-0.25, -0.2) is 0 Å². The summed E-state index contributed by atoms with van der Waals surface area (Å²) in [6.45, 7) is 8.65. The highest BCUT2D eigenvalue weighted by atomic mass is 79.9. The molecule has 0 spiro atoms. The largest absolute Gasteiger partial charge is 1.00 e. The van der Waals surface area contributed by atoms with Gasteiger partial charge in [-0.3, -0.25) is 0 Å². The van der Waals surface area contributed by atoms with Crippen LogP contribution in [0.15, 0.2) is 0 Å². The summed E-state index contributed by atoms with van der Waals surface area (Å²) in [6.07, 6.45) is 26.6. The van der Waals surface area contributed by atoms with Crippen molar-refractivity contribution in [2.24, 2.45) is 0 Å². The summed E-state index contributed by atoms with van der Waals surface area (Å²) in [7, 11) is 5.06. The van der Waals surface area contributed by atoms with Crippen molar-refractivity contribution in [1.82, 2.24) is 0 Å². The number of rotatable bonds is 11. The zero-order valence-electron chi connectivity index (χ0n) is 20.6. The molecule has 0 atom stereocenters. The lowest BCUT2D eigenvalue weighted by molar-refractivity contribution is -0.910. The van der Waals surface area contributed by atoms with Crippen molar-refractivity contribution in [3.63, 3.8) is 0 Å². The SMILES string of the molecule is C[N+]1(CCCCCCCCCC[N+]2(C)CCCCCCC2)CCCCCCC1.[Br-].[Br-]. The molecule has 2 heterocycles. The molecule has 182 valence electrons. The van der Waals surface area contributed by atoms with Crippen molar-refractivity contribution in [3.05, 3.63) is 0 Å². The molecule has 2 aliphatic rings. The zero-order chi connectivity index (χ0) is 20.0. The second kappa shape index (κ2) is 18.3. The standard InChI is InChI=1S/C26H54N2.2BrH/c1-27(23-17-11-7-12-18-24-27)21-15-9-5-3-4-6-10-16-22-28(2)25-19-13-8-14-20-26-28;;/h3-26H2,1-2H3;2*1H/q+2;;/p-2. The monoisotopic (exact) mass is 552 g/mol. The Morgan fingerprint density at radius 3 is 0.900 bits per heavy atom. The van der Waals surface area contributed by atoms with Crippen molar-refractivity contribution in [2.75, 3.05) is 53.4 Å². The maximum Gasteiger partial charge on any atom is 0.0784 e. The maximum atomic E-state index is 2.53. The van der Waals surface area contributed by atoms with Crippen LogP contribution < -0.4 is 34.0 Å². The predicted octanol–water partition coefficient (Wildman–Crippen LogP) is 0.937. The second-order valence-electron chi connectivity index (χ2n) is 10.9. The Morgan fingerprint density at radius 1 is 0.367 bits per heavy atom. The number of hydrogen-bond donors (Lipinski definition) is 0. The van der Waals surface area contributed by atoms with Crippen LogP contribution >= 0.6 is 0 Å². The number of nitrogens with zero attached hydrogens (tertiary/aromatic N) is 2. The van der Waals surface area contributed by atoms with Crippen LogP contribution in [0.3, 0.4) is 0 Å². The van der Waals surface area contributed by atoms with Crippen LogP contribution in [0.25, 0.3) is 0 Å². The summed E-state index contributed by atoms with van der Waals surface area (Å²) in [5.74, 6) is 0. The molecule has 0 aromatic rings. The average molecular weight is 555 g/mol. The van der Waals surface area contributed by atoms with Gasteiger partial charge in [-0.1, -0.05) is 38.5 Å². The van der Waals surface area contributed by atoms with Crippen LogP contribution in [0.5, 0.6) is 0 Å². The first-order valence-electron chi connectivity index (χ1n) is 13.3. The van der Waals surface area contributed by atoms with E-state index >= 15 is 0 Å². The summed E-state index contributed by atoms with van der Waals surface area (Å²) < 4.78 is 2.74. The lowest BCUT2D eigenvalue weighted by atomic mass is 10.0. The predicted molar refractivity (Wildman–Crippen MR) is 125 cm³/mol. The van der Waals surface area contributed by atoms with E-state index in [-0.39, 0.29) is 34.0 Å². The van der Waals surface area contributed by atoms with Gasteiger partial charge in [0.05, 0.1) is 53.4 Å². The van der Waals surface area contributed by atoms with Crippen molar-refractivity contribution in [3.8, 4) is 0 Å². The fourth-order valence-corrected chi connectivity index (χ4v) is 5.75. The first kappa shape index (κ1) is 30.9. The smallest absolute Gasteiger partial charge is 0.0784 e. The number of halogens is 2. The third kappa shape index (κ3) is 14.1. The van der Waals surface area contributed by atoms with E-state index < -0.39 is 0 Å². The quantitative estimate of drug-likeness (QED) is 0.264. The normalized spacial score (nSPS) is 21.8. The van der Waals surface area contributed by atoms with E-state index in [1.807, 2.05) is 0 Å². The lowest BCUT2D eigenvalue weighted by Crippen LogP contribution is -3.00. The van der Waals surface area contributed by atoms with Crippen LogP contribution in [0, 0.1) is 0 Å². The molecule has 0 bridgehead atoms. The van der Waals surface area contributed by atoms with Crippen LogP contribution in [-0.2, 0) is 0 Å². The van der Waals surface area contributed by atoms with Crippen LogP contribution in [0.1, 0.15) is 116 Å². The Kier molecular flexibility index (Phi) is 18.9. The van der Waals surface area contributed by atoms with E-state index in [2.05, 4.69) is 14.1 Å². The molecular weight excluding hydrogens is 500 g/mol. The number of quaternary nitrogens is 2. The first-order valence-corrected chi connectivity index (χ1v) is 13.3. The fourth-order valence-electron chi connectivity index (χ4n) is 5.75. The first-order chi connectivity index (χ1) is 13.6. The molecule has 0 aromatic carbocycles. The summed E-state index contributed by atoms with van der Waals surface area (Å²) in [5.41, 5.74) is 0. The van der Waals surface area contributed by atoms with Crippen molar-refractivity contribution >= 4 is 0 Å². The molecule has 30 heavy (non-hydrogen) atoms. The Labute approximate surface area is 211 Å². The second-order valence-corrected chi connectivity index (χ2v) is 10.9. The van der Waals surface area contributed by atoms with E-state index in [1.165, 1.54) is 164 Å². The zero-order valence-corrected chi connectivity index (χ0v) is 23.8. The molecule has 0 saturated carbocycles. The van der Waals surface area contributed by atoms with Gasteiger partial charge in [-0.15, -0.1) is 0 Å². The molecule has 0 unspecified atom stereocenters. The van der Waals surface area contributed by atoms with Crippen molar-refractivity contribution in [1.29, 1.82) is 0 Å². The highest BCUT2D eigenvalue weighted by Crippen LogP contribution is 2.19. The van der Waals surface area contributed by atoms with E-state index in [0.29, 0.717) is 0 Å². The van der Waals surface area contributed by atoms with Crippen LogP contribution in [0.4, 0.5) is 0 Å². The van der Waals surface area contributed by atoms with Gasteiger partial charge in [0.1, 0.15) is 0 Å². The van der Waals surface area contributed by atoms with E-state index in [9.17, 15) is 0 Å². The number of hydrogen-bond acceptors (Lipinski definition) is 0. The molecule has 0 N–H and O–H groups in total. The minimum absolute atomic E-state index is 0. The Hall–Kier alpha value is 0.880. The Balaban J connectivity index is 0.00000420. The van der Waals surface area contributed by atoms with Crippen LogP contribution in [0.2, 0.25) is 0 Å². The number of likely N-dealkylation sites (tertiary alicyclic amines) is 2. The van der Waals surface area contributed by atoms with Gasteiger partial charge < -0.3 is 42.9 Å². The molecule has 2 rings (SSSR count). The molecule has 0 radical (unpaired) electrons. The molecule has 4 heteroatoms. The van der Waals surface area contributed by atoms with E-state index in [4.69, 9.17) is 0 Å². The Bertz CT molecular complexity index is 337. The minimum Gasteiger partial charge on any atom is -1.00 e. The third-order valence-electron chi connectivity index (χ3n) is 7.94. The molecule has 2 saturated heterocycles. The van der Waals surface area contributed by atoms with Gasteiger partial charge in [0.15, 0.2) is 0 Å². The van der Waals surface area contributed by atoms with Crippen molar-refractivity contribution < 1.29 is 42.9 Å². The van der Waals surface area contributed by atoms with Crippen LogP contribution in [-0.4, -0.2) is 62.3 Å². The molecular formula is C26H54Br2N2. The molecule has 0 amide bonds. The summed E-state index contributed by atoms with van der Waals surface area (Å²) in [6, 6.07) is 0. The van der Waals surface area contributed by atoms with Crippen molar-refractivity contribution in [2.45, 2.75) is 116 Å². The molecule has 0 aliphatic carbocycles. The maximum absolute atomic E-state index is 2.53. The van der Waals surface area contributed by atoms with E-state index in [1.54, 1.807) is 0 Å². The molecule has 2 aliphatic heterocycles. The van der Waals surface area contributed by atoms with Gasteiger partial charge in [0.2, 0.25) is 0 Å².